The SMILES string of the molecule is C=CCOC(=O)[C@H]1[C@H]2C(=O)N([C@@H](CO)CC(C)C)C(C(=O)N(CC=C)C(C)(C)C)C23CC[C@]1(C)O3. The molecule has 35 heavy (non-hydrogen) atoms. The van der Waals surface area contributed by atoms with Gasteiger partial charge >= 0.3 is 5.97 Å². The maximum absolute atomic E-state index is 14.3. The Morgan fingerprint density at radius 3 is 2.46 bits per heavy atom. The van der Waals surface area contributed by atoms with E-state index < -0.39 is 46.6 Å². The third kappa shape index (κ3) is 4.44. The second kappa shape index (κ2) is 9.69. The molecule has 1 spiro atoms. The zero-order valence-electron chi connectivity index (χ0n) is 22.1. The highest BCUT2D eigenvalue weighted by Crippen LogP contribution is 2.64. The summed E-state index contributed by atoms with van der Waals surface area (Å²) in [4.78, 5) is 44.9. The zero-order valence-corrected chi connectivity index (χ0v) is 22.1. The van der Waals surface area contributed by atoms with Crippen molar-refractivity contribution >= 4 is 17.8 Å². The maximum Gasteiger partial charge on any atom is 0.313 e. The number of aliphatic hydroxyl groups is 1. The maximum atomic E-state index is 14.3. The van der Waals surface area contributed by atoms with E-state index in [1.165, 1.54) is 11.0 Å². The van der Waals surface area contributed by atoms with E-state index in [1.807, 2.05) is 41.5 Å². The summed E-state index contributed by atoms with van der Waals surface area (Å²) in [6, 6.07) is -1.52. The van der Waals surface area contributed by atoms with Crippen LogP contribution in [0.5, 0.6) is 0 Å². The number of esters is 1. The molecule has 8 nitrogen and oxygen atoms in total. The van der Waals surface area contributed by atoms with Crippen LogP contribution in [0.25, 0.3) is 0 Å². The summed E-state index contributed by atoms with van der Waals surface area (Å²) < 4.78 is 12.0. The molecule has 2 unspecified atom stereocenters. The van der Waals surface area contributed by atoms with E-state index in [9.17, 15) is 19.5 Å². The van der Waals surface area contributed by atoms with E-state index in [1.54, 1.807) is 11.0 Å². The van der Waals surface area contributed by atoms with Gasteiger partial charge in [0.15, 0.2) is 0 Å². The first-order valence-electron chi connectivity index (χ1n) is 12.6. The molecule has 0 aromatic rings. The fourth-order valence-corrected chi connectivity index (χ4v) is 6.42. The van der Waals surface area contributed by atoms with E-state index in [0.717, 1.165) is 0 Å². The Morgan fingerprint density at radius 2 is 1.94 bits per heavy atom. The van der Waals surface area contributed by atoms with Crippen LogP contribution < -0.4 is 0 Å². The Labute approximate surface area is 209 Å². The van der Waals surface area contributed by atoms with E-state index >= 15 is 0 Å². The van der Waals surface area contributed by atoms with Crippen molar-refractivity contribution in [2.24, 2.45) is 17.8 Å². The molecule has 0 aromatic carbocycles. The summed E-state index contributed by atoms with van der Waals surface area (Å²) in [7, 11) is 0. The minimum absolute atomic E-state index is 0.0369. The number of fused-ring (bicyclic) bond motifs is 1. The predicted molar refractivity (Wildman–Crippen MR) is 132 cm³/mol. The van der Waals surface area contributed by atoms with E-state index in [0.29, 0.717) is 25.8 Å². The number of amides is 2. The zero-order chi connectivity index (χ0) is 26.3. The Morgan fingerprint density at radius 1 is 1.29 bits per heavy atom. The summed E-state index contributed by atoms with van der Waals surface area (Å²) in [5.74, 6) is -2.57. The second-order valence-electron chi connectivity index (χ2n) is 11.8. The first-order chi connectivity index (χ1) is 16.3. The molecule has 3 rings (SSSR count). The van der Waals surface area contributed by atoms with E-state index in [-0.39, 0.29) is 30.9 Å². The molecule has 3 aliphatic rings. The average molecular weight is 491 g/mol. The topological polar surface area (TPSA) is 96.4 Å². The molecule has 0 radical (unpaired) electrons. The van der Waals surface area contributed by atoms with Gasteiger partial charge in [-0.15, -0.1) is 6.58 Å². The molecule has 196 valence electrons. The van der Waals surface area contributed by atoms with Crippen molar-refractivity contribution in [1.29, 1.82) is 0 Å². The van der Waals surface area contributed by atoms with Crippen molar-refractivity contribution in [3.8, 4) is 0 Å². The molecule has 0 aliphatic carbocycles. The lowest BCUT2D eigenvalue weighted by molar-refractivity contribution is -0.162. The monoisotopic (exact) mass is 490 g/mol. The first-order valence-corrected chi connectivity index (χ1v) is 12.6. The number of ether oxygens (including phenoxy) is 2. The summed E-state index contributed by atoms with van der Waals surface area (Å²) in [6.07, 6.45) is 4.69. The van der Waals surface area contributed by atoms with Crippen LogP contribution in [0.1, 0.15) is 60.8 Å². The third-order valence-corrected chi connectivity index (χ3v) is 7.78. The number of carbonyl (C=O) groups excluding carboxylic acids is 3. The highest BCUT2D eigenvalue weighted by atomic mass is 16.6. The molecule has 3 aliphatic heterocycles. The van der Waals surface area contributed by atoms with Crippen LogP contribution >= 0.6 is 0 Å². The van der Waals surface area contributed by atoms with Gasteiger partial charge in [0.25, 0.3) is 0 Å². The van der Waals surface area contributed by atoms with Gasteiger partial charge in [-0.25, -0.2) is 0 Å². The van der Waals surface area contributed by atoms with Gasteiger partial charge in [0.05, 0.1) is 24.2 Å². The molecule has 0 saturated carbocycles. The largest absolute Gasteiger partial charge is 0.461 e. The van der Waals surface area contributed by atoms with Crippen LogP contribution in [0, 0.1) is 17.8 Å². The lowest BCUT2D eigenvalue weighted by atomic mass is 9.66. The van der Waals surface area contributed by atoms with Gasteiger partial charge in [0, 0.05) is 12.1 Å². The fraction of sp³-hybridized carbons (Fsp3) is 0.741. The molecule has 0 aromatic heterocycles. The molecular weight excluding hydrogens is 448 g/mol. The Hall–Kier alpha value is -2.19. The lowest BCUT2D eigenvalue weighted by Crippen LogP contribution is -2.61. The fourth-order valence-electron chi connectivity index (χ4n) is 6.42. The van der Waals surface area contributed by atoms with Crippen molar-refractivity contribution in [2.75, 3.05) is 19.8 Å². The number of rotatable bonds is 10. The van der Waals surface area contributed by atoms with Crippen molar-refractivity contribution in [3.05, 3.63) is 25.3 Å². The molecule has 1 N–H and O–H groups in total. The van der Waals surface area contributed by atoms with Crippen molar-refractivity contribution in [3.63, 3.8) is 0 Å². The normalized spacial score (nSPS) is 32.5. The summed E-state index contributed by atoms with van der Waals surface area (Å²) in [5.41, 5.74) is -2.60. The number of hydrogen-bond acceptors (Lipinski definition) is 6. The van der Waals surface area contributed by atoms with Crippen LogP contribution in [0.15, 0.2) is 25.3 Å². The number of nitrogens with zero attached hydrogens (tertiary/aromatic N) is 2. The molecule has 2 amide bonds. The summed E-state index contributed by atoms with van der Waals surface area (Å²) in [5, 5.41) is 10.3. The van der Waals surface area contributed by atoms with E-state index in [4.69, 9.17) is 9.47 Å². The van der Waals surface area contributed by atoms with Gasteiger partial charge in [-0.1, -0.05) is 32.6 Å². The Balaban J connectivity index is 2.16. The average Bonchev–Trinajstić information content (AvgIpc) is 3.33. The predicted octanol–water partition coefficient (Wildman–Crippen LogP) is 2.70. The first kappa shape index (κ1) is 27.4. The lowest BCUT2D eigenvalue weighted by Gasteiger charge is -2.43. The van der Waals surface area contributed by atoms with Gasteiger partial charge in [0.1, 0.15) is 24.2 Å². The number of hydrogen-bond donors (Lipinski definition) is 1. The standard InChI is InChI=1S/C27H42N2O6/c1-9-13-28(25(5,6)7)23(32)21-27-12-11-26(8,35-27)20(24(33)34-14-10-2)19(27)22(31)29(21)18(16-30)15-17(3)4/h9-10,17-21,30H,1-2,11-16H2,3-8H3/t18-,19+,20-,21?,26+,27?/m1/s1. The van der Waals surface area contributed by atoms with Crippen LogP contribution in [0.2, 0.25) is 0 Å². The number of likely N-dealkylation sites (tertiary alicyclic amines) is 1. The molecular formula is C27H42N2O6. The Kier molecular flexibility index (Phi) is 7.59. The minimum Gasteiger partial charge on any atom is -0.461 e. The number of aliphatic hydroxyl groups excluding tert-OH is 1. The second-order valence-corrected chi connectivity index (χ2v) is 11.8. The van der Waals surface area contributed by atoms with Crippen molar-refractivity contribution in [2.45, 2.75) is 89.6 Å². The van der Waals surface area contributed by atoms with Gasteiger partial charge < -0.3 is 24.4 Å². The van der Waals surface area contributed by atoms with Crippen LogP contribution in [-0.4, -0.2) is 81.3 Å². The van der Waals surface area contributed by atoms with E-state index in [2.05, 4.69) is 13.2 Å². The minimum atomic E-state index is -1.16. The van der Waals surface area contributed by atoms with Crippen LogP contribution in [0.4, 0.5) is 0 Å². The molecule has 3 saturated heterocycles. The number of carbonyl (C=O) groups is 3. The molecule has 6 atom stereocenters. The van der Waals surface area contributed by atoms with Gasteiger partial charge in [-0.3, -0.25) is 14.4 Å². The smallest absolute Gasteiger partial charge is 0.313 e. The van der Waals surface area contributed by atoms with Crippen molar-refractivity contribution in [1.82, 2.24) is 9.80 Å². The summed E-state index contributed by atoms with van der Waals surface area (Å²) >= 11 is 0. The molecule has 8 heteroatoms. The highest BCUT2D eigenvalue weighted by molar-refractivity contribution is 5.99. The van der Waals surface area contributed by atoms with Gasteiger partial charge in [-0.05, 0) is 52.9 Å². The highest BCUT2D eigenvalue weighted by Gasteiger charge is 2.79. The summed E-state index contributed by atoms with van der Waals surface area (Å²) in [6.45, 7) is 19.1. The molecule has 3 fully saturated rings. The van der Waals surface area contributed by atoms with Crippen molar-refractivity contribution < 1.29 is 29.0 Å². The molecule has 2 bridgehead atoms. The Bertz CT molecular complexity index is 879. The van der Waals surface area contributed by atoms with Crippen LogP contribution in [0.3, 0.4) is 0 Å². The quantitative estimate of drug-likeness (QED) is 0.374. The molecule has 3 heterocycles. The van der Waals surface area contributed by atoms with Gasteiger partial charge in [-0.2, -0.15) is 0 Å². The third-order valence-electron chi connectivity index (χ3n) is 7.78. The van der Waals surface area contributed by atoms with Gasteiger partial charge in [0.2, 0.25) is 11.8 Å². The van der Waals surface area contributed by atoms with Crippen LogP contribution in [-0.2, 0) is 23.9 Å².